The van der Waals surface area contributed by atoms with Crippen LogP contribution < -0.4 is 27.4 Å². The number of primary amides is 2. The van der Waals surface area contributed by atoms with E-state index in [1.807, 2.05) is 24.5 Å². The van der Waals surface area contributed by atoms with Crippen LogP contribution in [-0.4, -0.2) is 90.8 Å². The summed E-state index contributed by atoms with van der Waals surface area (Å²) in [6.07, 6.45) is 10.3. The fourth-order valence-corrected chi connectivity index (χ4v) is 7.67. The van der Waals surface area contributed by atoms with Gasteiger partial charge in [-0.2, -0.15) is 10.2 Å². The minimum absolute atomic E-state index is 0.0637. The van der Waals surface area contributed by atoms with E-state index in [-0.39, 0.29) is 17.9 Å². The molecule has 6 rings (SSSR count). The molecule has 6 heterocycles. The Labute approximate surface area is 307 Å². The number of nitrogens with zero attached hydrogens (tertiary/aromatic N) is 5. The highest BCUT2D eigenvalue weighted by molar-refractivity contribution is 9.10. The minimum atomic E-state index is -1.38. The third-order valence-electron chi connectivity index (χ3n) is 9.60. The van der Waals surface area contributed by atoms with Gasteiger partial charge in [-0.1, -0.05) is 20.3 Å². The molecule has 8 N–H and O–H groups in total. The molecule has 270 valence electrons. The lowest BCUT2D eigenvalue weighted by atomic mass is 9.88. The molecule has 0 aliphatic carbocycles. The van der Waals surface area contributed by atoms with Gasteiger partial charge in [-0.05, 0) is 102 Å². The highest BCUT2D eigenvalue weighted by Gasteiger charge is 2.36. The molecule has 16 heteroatoms. The van der Waals surface area contributed by atoms with Crippen molar-refractivity contribution in [3.05, 3.63) is 57.0 Å². The van der Waals surface area contributed by atoms with Crippen molar-refractivity contribution in [1.29, 1.82) is 0 Å². The molecule has 2 fully saturated rings. The summed E-state index contributed by atoms with van der Waals surface area (Å²) in [6, 6.07) is 4.22. The first kappa shape index (κ1) is 37.5. The third-order valence-corrected chi connectivity index (χ3v) is 10.5. The lowest BCUT2D eigenvalue weighted by Crippen LogP contribution is -2.53. The number of anilines is 2. The number of fused-ring (bicyclic) bond motifs is 2. The Morgan fingerprint density at radius 2 is 1.40 bits per heavy atom. The molecule has 0 aromatic carbocycles. The molecule has 4 atom stereocenters. The second kappa shape index (κ2) is 15.7. The number of carbonyl (C=O) groups excluding carboxylic acids is 3. The van der Waals surface area contributed by atoms with Crippen LogP contribution in [0.25, 0.3) is 11.0 Å². The van der Waals surface area contributed by atoms with E-state index in [9.17, 15) is 19.5 Å². The molecule has 3 amide bonds. The van der Waals surface area contributed by atoms with E-state index in [0.29, 0.717) is 48.3 Å². The zero-order valence-corrected chi connectivity index (χ0v) is 31.9. The van der Waals surface area contributed by atoms with Gasteiger partial charge in [0.05, 0.1) is 45.9 Å². The average Bonchev–Trinajstić information content (AvgIpc) is 3.66. The molecule has 2 aliphatic rings. The SMILES string of the molecule is CC[C@@H]1CN(C(=O)C(C)(C)O)CC[C@H]1Nc1c(C(N)=O)cnn2cc(Br)cc12.CC[C@@H]1CNCC[C@H]1Nc1c(C(N)=O)cnn2cc(Br)cc12. The predicted molar refractivity (Wildman–Crippen MR) is 200 cm³/mol. The number of rotatable bonds is 9. The van der Waals surface area contributed by atoms with Crippen molar-refractivity contribution >= 4 is 72.0 Å². The minimum Gasteiger partial charge on any atom is -0.381 e. The summed E-state index contributed by atoms with van der Waals surface area (Å²) in [7, 11) is 0. The van der Waals surface area contributed by atoms with Crippen molar-refractivity contribution in [2.45, 2.75) is 71.1 Å². The van der Waals surface area contributed by atoms with Crippen LogP contribution in [0.2, 0.25) is 0 Å². The van der Waals surface area contributed by atoms with Crippen LogP contribution >= 0.6 is 31.9 Å². The molecule has 0 radical (unpaired) electrons. The van der Waals surface area contributed by atoms with Crippen LogP contribution in [0.1, 0.15) is 74.1 Å². The van der Waals surface area contributed by atoms with Crippen LogP contribution in [0.4, 0.5) is 11.4 Å². The Morgan fingerprint density at radius 1 is 0.900 bits per heavy atom. The Balaban J connectivity index is 0.000000200. The molecule has 4 aromatic rings. The van der Waals surface area contributed by atoms with Gasteiger partial charge in [0.2, 0.25) is 0 Å². The number of nitrogens with one attached hydrogen (secondary N) is 3. The van der Waals surface area contributed by atoms with Gasteiger partial charge >= 0.3 is 0 Å². The number of hydrogen-bond acceptors (Lipinski definition) is 9. The molecule has 4 aromatic heterocycles. The molecule has 0 spiro atoms. The molecule has 0 unspecified atom stereocenters. The number of hydrogen-bond donors (Lipinski definition) is 6. The first-order chi connectivity index (χ1) is 23.7. The van der Waals surface area contributed by atoms with E-state index in [0.717, 1.165) is 58.0 Å². The number of aromatic nitrogens is 4. The van der Waals surface area contributed by atoms with Gasteiger partial charge in [0.1, 0.15) is 5.60 Å². The first-order valence-electron chi connectivity index (χ1n) is 16.9. The molecule has 2 saturated heterocycles. The Morgan fingerprint density at radius 3 is 1.86 bits per heavy atom. The number of carbonyl (C=O) groups is 3. The van der Waals surface area contributed by atoms with Crippen LogP contribution in [0.3, 0.4) is 0 Å². The quantitative estimate of drug-likeness (QED) is 0.145. The van der Waals surface area contributed by atoms with Crippen LogP contribution in [0.15, 0.2) is 45.9 Å². The fraction of sp³-hybridized carbons (Fsp3) is 0.500. The highest BCUT2D eigenvalue weighted by Crippen LogP contribution is 2.32. The Bertz CT molecular complexity index is 1870. The monoisotopic (exact) mass is 816 g/mol. The normalized spacial score (nSPS) is 21.1. The van der Waals surface area contributed by atoms with Gasteiger partial charge in [0, 0.05) is 46.5 Å². The number of halogens is 2. The van der Waals surface area contributed by atoms with Crippen molar-refractivity contribution in [2.24, 2.45) is 23.3 Å². The number of nitrogens with two attached hydrogens (primary N) is 2. The van der Waals surface area contributed by atoms with Gasteiger partial charge in [-0.15, -0.1) is 0 Å². The second-order valence-electron chi connectivity index (χ2n) is 13.5. The van der Waals surface area contributed by atoms with Gasteiger partial charge in [0.25, 0.3) is 17.7 Å². The lowest BCUT2D eigenvalue weighted by molar-refractivity contribution is -0.149. The van der Waals surface area contributed by atoms with Crippen LogP contribution in [0.5, 0.6) is 0 Å². The second-order valence-corrected chi connectivity index (χ2v) is 15.3. The number of amides is 3. The van der Waals surface area contributed by atoms with Gasteiger partial charge in [0.15, 0.2) is 0 Å². The number of piperidine rings is 2. The molecular weight excluding hydrogens is 772 g/mol. The molecule has 2 aliphatic heterocycles. The summed E-state index contributed by atoms with van der Waals surface area (Å²) in [5, 5.41) is 29.0. The molecular formula is C34H46Br2N10O4. The zero-order valence-electron chi connectivity index (χ0n) is 28.7. The summed E-state index contributed by atoms with van der Waals surface area (Å²) in [5.74, 6) is -0.563. The molecule has 14 nitrogen and oxygen atoms in total. The molecule has 50 heavy (non-hydrogen) atoms. The maximum absolute atomic E-state index is 12.4. The van der Waals surface area contributed by atoms with E-state index in [2.05, 4.69) is 71.9 Å². The van der Waals surface area contributed by atoms with Gasteiger partial charge in [-0.25, -0.2) is 9.03 Å². The van der Waals surface area contributed by atoms with E-state index in [1.165, 1.54) is 26.2 Å². The van der Waals surface area contributed by atoms with E-state index in [1.54, 1.807) is 13.9 Å². The van der Waals surface area contributed by atoms with Gasteiger partial charge < -0.3 is 37.4 Å². The van der Waals surface area contributed by atoms with Crippen molar-refractivity contribution in [3.63, 3.8) is 0 Å². The Kier molecular flexibility index (Phi) is 11.8. The predicted octanol–water partition coefficient (Wildman–Crippen LogP) is 4.00. The summed E-state index contributed by atoms with van der Waals surface area (Å²) in [4.78, 5) is 37.9. The summed E-state index contributed by atoms with van der Waals surface area (Å²) in [6.45, 7) is 10.3. The maximum atomic E-state index is 12.4. The first-order valence-corrected chi connectivity index (χ1v) is 18.5. The Hall–Kier alpha value is -3.73. The van der Waals surface area contributed by atoms with Crippen LogP contribution in [0, 0.1) is 11.8 Å². The maximum Gasteiger partial charge on any atom is 0.253 e. The smallest absolute Gasteiger partial charge is 0.253 e. The van der Waals surface area contributed by atoms with E-state index < -0.39 is 17.4 Å². The van der Waals surface area contributed by atoms with Crippen LogP contribution in [-0.2, 0) is 4.79 Å². The molecule has 0 bridgehead atoms. The number of aliphatic hydroxyl groups is 1. The standard InChI is InChI=1S/C19H26BrN5O3.C15H20BrN5O/c1-4-11-9-24(18(27)19(2,3)28)6-5-14(11)23-16-13(17(21)26)8-22-25-10-12(20)7-15(16)25;1-2-9-6-18-4-3-12(9)20-14-11(15(17)22)7-19-21-8-10(16)5-13(14)21/h7-8,10-11,14,23,28H,4-6,9H2,1-3H3,(H2,21,26);5,7-9,12,18,20H,2-4,6H2,1H3,(H2,17,22)/t11-,14-;9-,12-/m11/s1. The largest absolute Gasteiger partial charge is 0.381 e. The topological polar surface area (TPSA) is 197 Å². The van der Waals surface area contributed by atoms with E-state index in [4.69, 9.17) is 11.5 Å². The van der Waals surface area contributed by atoms with Crippen molar-refractivity contribution in [3.8, 4) is 0 Å². The fourth-order valence-electron chi connectivity index (χ4n) is 6.85. The summed E-state index contributed by atoms with van der Waals surface area (Å²) < 4.78 is 5.21. The van der Waals surface area contributed by atoms with Crippen molar-refractivity contribution in [2.75, 3.05) is 36.8 Å². The van der Waals surface area contributed by atoms with E-state index >= 15 is 0 Å². The summed E-state index contributed by atoms with van der Waals surface area (Å²) in [5.41, 5.74) is 13.5. The zero-order chi connectivity index (χ0) is 36.3. The molecule has 0 saturated carbocycles. The highest BCUT2D eigenvalue weighted by atomic mass is 79.9. The van der Waals surface area contributed by atoms with Gasteiger partial charge in [-0.3, -0.25) is 14.4 Å². The van der Waals surface area contributed by atoms with Crippen molar-refractivity contribution < 1.29 is 19.5 Å². The number of likely N-dealkylation sites (tertiary alicyclic amines) is 1. The third kappa shape index (κ3) is 8.24. The average molecular weight is 819 g/mol. The lowest BCUT2D eigenvalue weighted by Gasteiger charge is -2.41. The van der Waals surface area contributed by atoms with Crippen molar-refractivity contribution in [1.82, 2.24) is 29.4 Å². The summed E-state index contributed by atoms with van der Waals surface area (Å²) >= 11 is 6.90.